The molecule has 0 spiro atoms. The summed E-state index contributed by atoms with van der Waals surface area (Å²) in [6, 6.07) is -0.977. The lowest BCUT2D eigenvalue weighted by molar-refractivity contribution is -0.142. The average Bonchev–Trinajstić information content (AvgIpc) is 2.69. The number of allylic oxidation sites excluding steroid dienone is 8. The molecule has 0 unspecified atom stereocenters. The maximum Gasteiger partial charge on any atom is 0.326 e. The van der Waals surface area contributed by atoms with Crippen LogP contribution in [-0.4, -0.2) is 35.5 Å². The number of nitrogens with zero attached hydrogens (tertiary/aromatic N) is 1. The number of carboxylic acid groups (broad SMARTS) is 1. The number of hydrogen-bond donors (Lipinski definition) is 4. The third kappa shape index (κ3) is 18.5. The summed E-state index contributed by atoms with van der Waals surface area (Å²) in [5.74, 6) is -1.45. The summed E-state index contributed by atoms with van der Waals surface area (Å²) in [5.41, 5.74) is 10.4. The summed E-state index contributed by atoms with van der Waals surface area (Å²) in [7, 11) is 0. The molecule has 0 aliphatic carbocycles. The maximum atomic E-state index is 11.9. The summed E-state index contributed by atoms with van der Waals surface area (Å²) in [6.07, 6.45) is 24.1. The van der Waals surface area contributed by atoms with Crippen LogP contribution in [-0.2, 0) is 9.59 Å². The van der Waals surface area contributed by atoms with Crippen LogP contribution in [0.25, 0.3) is 0 Å². The number of rotatable bonds is 17. The molecule has 0 saturated carbocycles. The molecule has 1 amide bonds. The minimum atomic E-state index is -1.09. The highest BCUT2D eigenvalue weighted by atomic mass is 16.4. The molecular weight excluding hydrogens is 380 g/mol. The van der Waals surface area contributed by atoms with Crippen LogP contribution in [0.15, 0.2) is 53.6 Å². The van der Waals surface area contributed by atoms with E-state index >= 15 is 0 Å². The number of aliphatic imine (C=N–C) groups is 1. The van der Waals surface area contributed by atoms with Gasteiger partial charge in [0.25, 0.3) is 0 Å². The van der Waals surface area contributed by atoms with Gasteiger partial charge < -0.3 is 21.9 Å². The van der Waals surface area contributed by atoms with E-state index in [1.807, 2.05) is 0 Å². The first-order chi connectivity index (χ1) is 14.5. The predicted molar refractivity (Wildman–Crippen MR) is 124 cm³/mol. The van der Waals surface area contributed by atoms with Crippen molar-refractivity contribution in [1.29, 1.82) is 0 Å². The quantitative estimate of drug-likeness (QED) is 0.124. The minimum Gasteiger partial charge on any atom is -0.480 e. The van der Waals surface area contributed by atoms with Crippen LogP contribution in [0.2, 0.25) is 0 Å². The van der Waals surface area contributed by atoms with Crippen molar-refractivity contribution in [1.82, 2.24) is 5.32 Å². The Hall–Kier alpha value is -2.83. The van der Waals surface area contributed by atoms with E-state index in [2.05, 4.69) is 65.8 Å². The number of carbonyl (C=O) groups is 2. The SMILES string of the molecule is CC/C=C\C/C=C\C/C=C\C/C=C\CCCCC(=O)N[C@@H](CCN=C(N)N)C(=O)O. The molecule has 0 saturated heterocycles. The molecule has 0 radical (unpaired) electrons. The van der Waals surface area contributed by atoms with Gasteiger partial charge in [-0.25, -0.2) is 4.79 Å². The molecule has 0 aromatic rings. The van der Waals surface area contributed by atoms with E-state index in [4.69, 9.17) is 16.6 Å². The summed E-state index contributed by atoms with van der Waals surface area (Å²) >= 11 is 0. The second kappa shape index (κ2) is 19.5. The van der Waals surface area contributed by atoms with Crippen LogP contribution >= 0.6 is 0 Å². The van der Waals surface area contributed by atoms with Gasteiger partial charge in [-0.15, -0.1) is 0 Å². The van der Waals surface area contributed by atoms with Crippen molar-refractivity contribution in [3.8, 4) is 0 Å². The molecule has 1 atom stereocenters. The molecule has 7 nitrogen and oxygen atoms in total. The first-order valence-electron chi connectivity index (χ1n) is 10.6. The van der Waals surface area contributed by atoms with Crippen molar-refractivity contribution in [2.45, 2.75) is 70.8 Å². The van der Waals surface area contributed by atoms with Gasteiger partial charge in [-0.2, -0.15) is 0 Å². The van der Waals surface area contributed by atoms with Crippen molar-refractivity contribution >= 4 is 17.8 Å². The molecule has 0 heterocycles. The smallest absolute Gasteiger partial charge is 0.326 e. The lowest BCUT2D eigenvalue weighted by Crippen LogP contribution is -2.41. The van der Waals surface area contributed by atoms with E-state index in [-0.39, 0.29) is 24.8 Å². The first kappa shape index (κ1) is 27.2. The Bertz CT molecular complexity index is 618. The van der Waals surface area contributed by atoms with E-state index in [0.717, 1.165) is 38.5 Å². The van der Waals surface area contributed by atoms with Crippen LogP contribution in [0.4, 0.5) is 0 Å². The number of amides is 1. The summed E-state index contributed by atoms with van der Waals surface area (Å²) in [5, 5.41) is 11.7. The van der Waals surface area contributed by atoms with Crippen molar-refractivity contribution in [3.05, 3.63) is 48.6 Å². The number of nitrogens with one attached hydrogen (secondary N) is 1. The fourth-order valence-electron chi connectivity index (χ4n) is 2.49. The molecule has 30 heavy (non-hydrogen) atoms. The lowest BCUT2D eigenvalue weighted by atomic mass is 10.1. The van der Waals surface area contributed by atoms with Crippen molar-refractivity contribution in [2.75, 3.05) is 6.54 Å². The number of unbranched alkanes of at least 4 members (excludes halogenated alkanes) is 2. The Morgan fingerprint density at radius 1 is 0.933 bits per heavy atom. The van der Waals surface area contributed by atoms with Crippen LogP contribution < -0.4 is 16.8 Å². The van der Waals surface area contributed by atoms with Crippen LogP contribution in [0, 0.1) is 0 Å². The number of hydrogen-bond acceptors (Lipinski definition) is 3. The lowest BCUT2D eigenvalue weighted by Gasteiger charge is -2.13. The molecule has 7 heteroatoms. The Balaban J connectivity index is 3.81. The third-order valence-corrected chi connectivity index (χ3v) is 4.09. The largest absolute Gasteiger partial charge is 0.480 e. The zero-order valence-corrected chi connectivity index (χ0v) is 18.1. The molecule has 0 aliphatic heterocycles. The Morgan fingerprint density at radius 3 is 2.03 bits per heavy atom. The van der Waals surface area contributed by atoms with E-state index in [9.17, 15) is 9.59 Å². The van der Waals surface area contributed by atoms with E-state index in [0.29, 0.717) is 12.8 Å². The molecule has 0 aliphatic rings. The van der Waals surface area contributed by atoms with Gasteiger partial charge in [0.15, 0.2) is 5.96 Å². The first-order valence-corrected chi connectivity index (χ1v) is 10.6. The Labute approximate surface area is 180 Å². The highest BCUT2D eigenvalue weighted by molar-refractivity contribution is 5.83. The fourth-order valence-corrected chi connectivity index (χ4v) is 2.49. The van der Waals surface area contributed by atoms with Crippen molar-refractivity contribution in [2.24, 2.45) is 16.5 Å². The summed E-state index contributed by atoms with van der Waals surface area (Å²) in [6.45, 7) is 2.29. The molecular formula is C23H38N4O3. The standard InChI is InChI=1S/C23H38N4O3/c1-2-3-4-5-6-7-8-9-10-11-12-13-14-15-16-17-21(28)27-20(22(29)30)18-19-26-23(24)25/h3-4,6-7,9-10,12-13,20H,2,5,8,11,14-19H2,1H3,(H,27,28)(H,29,30)(H4,24,25,26)/b4-3-,7-6-,10-9-,13-12-/t20-/m0/s1. The van der Waals surface area contributed by atoms with Crippen LogP contribution in [0.5, 0.6) is 0 Å². The average molecular weight is 419 g/mol. The monoisotopic (exact) mass is 418 g/mol. The van der Waals surface area contributed by atoms with Gasteiger partial charge in [0.05, 0.1) is 0 Å². The van der Waals surface area contributed by atoms with Crippen molar-refractivity contribution in [3.63, 3.8) is 0 Å². The van der Waals surface area contributed by atoms with Crippen molar-refractivity contribution < 1.29 is 14.7 Å². The number of guanidine groups is 1. The summed E-state index contributed by atoms with van der Waals surface area (Å²) in [4.78, 5) is 26.8. The molecule has 168 valence electrons. The number of aliphatic carboxylic acids is 1. The zero-order valence-electron chi connectivity index (χ0n) is 18.1. The highest BCUT2D eigenvalue weighted by Crippen LogP contribution is 2.03. The molecule has 0 bridgehead atoms. The van der Waals surface area contributed by atoms with Gasteiger partial charge in [-0.1, -0.05) is 55.5 Å². The molecule has 0 fully saturated rings. The number of carboxylic acids is 1. The third-order valence-electron chi connectivity index (χ3n) is 4.09. The second-order valence-corrected chi connectivity index (χ2v) is 6.80. The topological polar surface area (TPSA) is 131 Å². The molecule has 0 aromatic carbocycles. The van der Waals surface area contributed by atoms with Gasteiger partial charge in [0.1, 0.15) is 6.04 Å². The number of nitrogens with two attached hydrogens (primary N) is 2. The van der Waals surface area contributed by atoms with E-state index in [1.54, 1.807) is 0 Å². The van der Waals surface area contributed by atoms with Gasteiger partial charge in [0.2, 0.25) is 5.91 Å². The van der Waals surface area contributed by atoms with Gasteiger partial charge in [0, 0.05) is 13.0 Å². The van der Waals surface area contributed by atoms with Crippen LogP contribution in [0.1, 0.15) is 64.7 Å². The Kier molecular flexibility index (Phi) is 17.6. The normalized spacial score (nSPS) is 12.8. The molecule has 0 aromatic heterocycles. The van der Waals surface area contributed by atoms with Gasteiger partial charge in [-0.3, -0.25) is 9.79 Å². The van der Waals surface area contributed by atoms with E-state index in [1.165, 1.54) is 0 Å². The molecule has 6 N–H and O–H groups in total. The maximum absolute atomic E-state index is 11.9. The zero-order chi connectivity index (χ0) is 22.5. The van der Waals surface area contributed by atoms with Crippen LogP contribution in [0.3, 0.4) is 0 Å². The minimum absolute atomic E-state index is 0.0960. The number of carbonyl (C=O) groups excluding carboxylic acids is 1. The predicted octanol–water partition coefficient (Wildman–Crippen LogP) is 3.58. The highest BCUT2D eigenvalue weighted by Gasteiger charge is 2.18. The van der Waals surface area contributed by atoms with Gasteiger partial charge >= 0.3 is 5.97 Å². The van der Waals surface area contributed by atoms with E-state index < -0.39 is 12.0 Å². The molecule has 0 rings (SSSR count). The fraction of sp³-hybridized carbons (Fsp3) is 0.522. The summed E-state index contributed by atoms with van der Waals surface area (Å²) < 4.78 is 0. The Morgan fingerprint density at radius 2 is 1.50 bits per heavy atom. The van der Waals surface area contributed by atoms with Gasteiger partial charge in [-0.05, 0) is 51.4 Å². The second-order valence-electron chi connectivity index (χ2n) is 6.80.